The Morgan fingerprint density at radius 2 is 2.00 bits per heavy atom. The van der Waals surface area contributed by atoms with Crippen molar-refractivity contribution in [1.29, 1.82) is 5.26 Å². The van der Waals surface area contributed by atoms with E-state index < -0.39 is 5.91 Å². The van der Waals surface area contributed by atoms with Crippen molar-refractivity contribution in [3.63, 3.8) is 0 Å². The molecule has 2 aromatic carbocycles. The Bertz CT molecular complexity index is 806. The first-order chi connectivity index (χ1) is 11.0. The number of rotatable bonds is 4. The summed E-state index contributed by atoms with van der Waals surface area (Å²) in [4.78, 5) is 12.2. The average Bonchev–Trinajstić information content (AvgIpc) is 2.51. The zero-order valence-electron chi connectivity index (χ0n) is 12.9. The predicted molar refractivity (Wildman–Crippen MR) is 96.0 cm³/mol. The standard InChI is InChI=1S/C18H16BrN3O/c1-12-6-7-17(13(2)8-12)22-18(23)14(10-20)11-21-16-5-3-4-15(19)9-16/h3-9,11,21H,1-2H3,(H,22,23)/b14-11-. The Labute approximate surface area is 144 Å². The van der Waals surface area contributed by atoms with Crippen LogP contribution in [0.3, 0.4) is 0 Å². The Balaban J connectivity index is 2.12. The Hall–Kier alpha value is -2.58. The summed E-state index contributed by atoms with van der Waals surface area (Å²) < 4.78 is 0.911. The fourth-order valence-electron chi connectivity index (χ4n) is 2.03. The van der Waals surface area contributed by atoms with Gasteiger partial charge in [0.2, 0.25) is 0 Å². The number of carbonyl (C=O) groups excluding carboxylic acids is 1. The molecule has 0 radical (unpaired) electrons. The van der Waals surface area contributed by atoms with Crippen LogP contribution in [0.2, 0.25) is 0 Å². The van der Waals surface area contributed by atoms with Gasteiger partial charge >= 0.3 is 0 Å². The maximum absolute atomic E-state index is 12.2. The molecule has 0 aliphatic heterocycles. The highest BCUT2D eigenvalue weighted by molar-refractivity contribution is 9.10. The number of hydrogen-bond donors (Lipinski definition) is 2. The molecule has 4 nitrogen and oxygen atoms in total. The normalized spacial score (nSPS) is 10.8. The molecule has 1 amide bonds. The molecule has 0 spiro atoms. The largest absolute Gasteiger partial charge is 0.360 e. The number of carbonyl (C=O) groups is 1. The zero-order chi connectivity index (χ0) is 16.8. The van der Waals surface area contributed by atoms with E-state index in [1.54, 1.807) is 0 Å². The van der Waals surface area contributed by atoms with Crippen LogP contribution in [-0.4, -0.2) is 5.91 Å². The fourth-order valence-corrected chi connectivity index (χ4v) is 2.43. The molecule has 0 atom stereocenters. The lowest BCUT2D eigenvalue weighted by Gasteiger charge is -2.09. The van der Waals surface area contributed by atoms with Gasteiger partial charge in [-0.15, -0.1) is 0 Å². The van der Waals surface area contributed by atoms with Gasteiger partial charge < -0.3 is 10.6 Å². The molecule has 0 unspecified atom stereocenters. The zero-order valence-corrected chi connectivity index (χ0v) is 14.4. The van der Waals surface area contributed by atoms with Gasteiger partial charge in [-0.3, -0.25) is 4.79 Å². The third-order valence-corrected chi connectivity index (χ3v) is 3.70. The Morgan fingerprint density at radius 1 is 1.22 bits per heavy atom. The topological polar surface area (TPSA) is 64.9 Å². The second-order valence-corrected chi connectivity index (χ2v) is 6.01. The Kier molecular flexibility index (Phi) is 5.56. The molecule has 0 aliphatic rings. The molecule has 0 bridgehead atoms. The number of nitrogens with zero attached hydrogens (tertiary/aromatic N) is 1. The van der Waals surface area contributed by atoms with Crippen molar-refractivity contribution in [2.24, 2.45) is 0 Å². The van der Waals surface area contributed by atoms with E-state index >= 15 is 0 Å². The van der Waals surface area contributed by atoms with E-state index in [1.165, 1.54) is 6.20 Å². The third kappa shape index (κ3) is 4.70. The molecule has 23 heavy (non-hydrogen) atoms. The SMILES string of the molecule is Cc1ccc(NC(=O)/C(C#N)=C\Nc2cccc(Br)c2)c(C)c1. The molecule has 0 fully saturated rings. The fraction of sp³-hybridized carbons (Fsp3) is 0.111. The predicted octanol–water partition coefficient (Wildman–Crippen LogP) is 4.52. The van der Waals surface area contributed by atoms with E-state index in [0.29, 0.717) is 5.69 Å². The number of halogens is 1. The molecule has 0 aliphatic carbocycles. The van der Waals surface area contributed by atoms with Crippen molar-refractivity contribution in [1.82, 2.24) is 0 Å². The van der Waals surface area contributed by atoms with Crippen LogP contribution >= 0.6 is 15.9 Å². The van der Waals surface area contributed by atoms with Crippen LogP contribution in [0.1, 0.15) is 11.1 Å². The van der Waals surface area contributed by atoms with Gasteiger partial charge in [0.25, 0.3) is 5.91 Å². The van der Waals surface area contributed by atoms with Gasteiger partial charge in [0.1, 0.15) is 11.6 Å². The summed E-state index contributed by atoms with van der Waals surface area (Å²) in [5.41, 5.74) is 3.56. The van der Waals surface area contributed by atoms with Gasteiger partial charge in [-0.1, -0.05) is 39.7 Å². The molecular weight excluding hydrogens is 354 g/mol. The number of hydrogen-bond acceptors (Lipinski definition) is 3. The summed E-state index contributed by atoms with van der Waals surface area (Å²) >= 11 is 3.37. The molecule has 0 heterocycles. The number of benzene rings is 2. The number of aryl methyl sites for hydroxylation is 2. The van der Waals surface area contributed by atoms with Crippen LogP contribution in [0.15, 0.2) is 58.7 Å². The highest BCUT2D eigenvalue weighted by atomic mass is 79.9. The number of anilines is 2. The summed E-state index contributed by atoms with van der Waals surface area (Å²) in [7, 11) is 0. The van der Waals surface area contributed by atoms with Crippen molar-refractivity contribution in [3.05, 3.63) is 69.8 Å². The summed E-state index contributed by atoms with van der Waals surface area (Å²) in [6.45, 7) is 3.90. The van der Waals surface area contributed by atoms with Crippen molar-refractivity contribution in [3.8, 4) is 6.07 Å². The minimum absolute atomic E-state index is 0.00458. The number of amides is 1. The third-order valence-electron chi connectivity index (χ3n) is 3.20. The summed E-state index contributed by atoms with van der Waals surface area (Å²) in [5.74, 6) is -0.443. The molecular formula is C18H16BrN3O. The maximum atomic E-state index is 12.2. The molecule has 0 saturated carbocycles. The van der Waals surface area contributed by atoms with Gasteiger partial charge in [0.15, 0.2) is 0 Å². The lowest BCUT2D eigenvalue weighted by molar-refractivity contribution is -0.112. The Morgan fingerprint density at radius 3 is 2.65 bits per heavy atom. The van der Waals surface area contributed by atoms with E-state index in [4.69, 9.17) is 0 Å². The van der Waals surface area contributed by atoms with Crippen molar-refractivity contribution in [2.75, 3.05) is 10.6 Å². The van der Waals surface area contributed by atoms with Gasteiger partial charge in [0.05, 0.1) is 0 Å². The molecule has 0 saturated heterocycles. The van der Waals surface area contributed by atoms with Gasteiger partial charge in [0, 0.05) is 22.0 Å². The molecule has 116 valence electrons. The highest BCUT2D eigenvalue weighted by Gasteiger charge is 2.10. The molecule has 5 heteroatoms. The molecule has 2 rings (SSSR count). The van der Waals surface area contributed by atoms with Crippen LogP contribution in [0.5, 0.6) is 0 Å². The van der Waals surface area contributed by atoms with Crippen molar-refractivity contribution in [2.45, 2.75) is 13.8 Å². The van der Waals surface area contributed by atoms with E-state index in [-0.39, 0.29) is 5.57 Å². The van der Waals surface area contributed by atoms with E-state index in [9.17, 15) is 10.1 Å². The lowest BCUT2D eigenvalue weighted by Crippen LogP contribution is -2.15. The molecule has 0 aromatic heterocycles. The first-order valence-electron chi connectivity index (χ1n) is 7.00. The smallest absolute Gasteiger partial charge is 0.267 e. The first-order valence-corrected chi connectivity index (χ1v) is 7.80. The minimum atomic E-state index is -0.443. The van der Waals surface area contributed by atoms with Crippen LogP contribution in [0, 0.1) is 25.2 Å². The summed E-state index contributed by atoms with van der Waals surface area (Å²) in [6.07, 6.45) is 1.40. The van der Waals surface area contributed by atoms with E-state index in [0.717, 1.165) is 21.3 Å². The summed E-state index contributed by atoms with van der Waals surface area (Å²) in [5, 5.41) is 14.9. The number of nitrogens with one attached hydrogen (secondary N) is 2. The number of nitriles is 1. The van der Waals surface area contributed by atoms with Gasteiger partial charge in [-0.25, -0.2) is 0 Å². The van der Waals surface area contributed by atoms with Crippen molar-refractivity contribution >= 4 is 33.2 Å². The quantitative estimate of drug-likeness (QED) is 0.614. The van der Waals surface area contributed by atoms with Crippen molar-refractivity contribution < 1.29 is 4.79 Å². The van der Waals surface area contributed by atoms with E-state index in [1.807, 2.05) is 62.4 Å². The van der Waals surface area contributed by atoms with Gasteiger partial charge in [-0.2, -0.15) is 5.26 Å². The molecule has 2 N–H and O–H groups in total. The minimum Gasteiger partial charge on any atom is -0.360 e. The van der Waals surface area contributed by atoms with Crippen LogP contribution in [0.25, 0.3) is 0 Å². The monoisotopic (exact) mass is 369 g/mol. The van der Waals surface area contributed by atoms with E-state index in [2.05, 4.69) is 26.6 Å². The maximum Gasteiger partial charge on any atom is 0.267 e. The first kappa shape index (κ1) is 16.8. The van der Waals surface area contributed by atoms with Gasteiger partial charge in [-0.05, 0) is 43.7 Å². The highest BCUT2D eigenvalue weighted by Crippen LogP contribution is 2.18. The van der Waals surface area contributed by atoms with Crippen LogP contribution in [0.4, 0.5) is 11.4 Å². The average molecular weight is 370 g/mol. The molecule has 2 aromatic rings. The van der Waals surface area contributed by atoms with Crippen LogP contribution in [-0.2, 0) is 4.79 Å². The second-order valence-electron chi connectivity index (χ2n) is 5.10. The summed E-state index contributed by atoms with van der Waals surface area (Å²) in [6, 6.07) is 15.1. The second kappa shape index (κ2) is 7.61. The lowest BCUT2D eigenvalue weighted by atomic mass is 10.1. The van der Waals surface area contributed by atoms with Crippen LogP contribution < -0.4 is 10.6 Å².